The fraction of sp³-hybridized carbons (Fsp3) is 0.304. The number of benzene rings is 2. The number of nitrogens with zero attached hydrogens (tertiary/aromatic N) is 3. The molecule has 3 rings (SSSR count). The zero-order valence-corrected chi connectivity index (χ0v) is 16.3. The average Bonchev–Trinajstić information content (AvgIpc) is 3.11. The standard InChI is InChI=1S/C23H27N3O/c1-18(2)14-15-22(27)25(3)16-20-17-26(21-12-8-5-9-13-21)24-23(20)19-10-6-4-7-11-19/h4-13,17-18H,14-16H2,1-3H3. The highest BCUT2D eigenvalue weighted by molar-refractivity contribution is 5.76. The first-order valence-electron chi connectivity index (χ1n) is 9.48. The first kappa shape index (κ1) is 18.9. The normalized spacial score (nSPS) is 11.0. The number of hydrogen-bond acceptors (Lipinski definition) is 2. The fourth-order valence-corrected chi connectivity index (χ4v) is 3.02. The van der Waals surface area contributed by atoms with Crippen LogP contribution < -0.4 is 0 Å². The van der Waals surface area contributed by atoms with Crippen LogP contribution in [0.1, 0.15) is 32.3 Å². The lowest BCUT2D eigenvalue weighted by Gasteiger charge is -2.17. The number of carbonyl (C=O) groups excluding carboxylic acids is 1. The Morgan fingerprint density at radius 1 is 1.04 bits per heavy atom. The number of hydrogen-bond donors (Lipinski definition) is 0. The highest BCUT2D eigenvalue weighted by Gasteiger charge is 2.16. The SMILES string of the molecule is CC(C)CCC(=O)N(C)Cc1cn(-c2ccccc2)nc1-c1ccccc1. The number of carbonyl (C=O) groups is 1. The van der Waals surface area contributed by atoms with Crippen LogP contribution in [0.5, 0.6) is 0 Å². The predicted octanol–water partition coefficient (Wildman–Crippen LogP) is 4.93. The van der Waals surface area contributed by atoms with Gasteiger partial charge in [0.15, 0.2) is 0 Å². The van der Waals surface area contributed by atoms with Gasteiger partial charge in [-0.25, -0.2) is 4.68 Å². The van der Waals surface area contributed by atoms with Gasteiger partial charge in [-0.3, -0.25) is 4.79 Å². The summed E-state index contributed by atoms with van der Waals surface area (Å²) in [5.41, 5.74) is 4.04. The molecular formula is C23H27N3O. The van der Waals surface area contributed by atoms with Crippen molar-refractivity contribution in [3.8, 4) is 16.9 Å². The van der Waals surface area contributed by atoms with Gasteiger partial charge >= 0.3 is 0 Å². The minimum absolute atomic E-state index is 0.176. The zero-order valence-electron chi connectivity index (χ0n) is 16.3. The largest absolute Gasteiger partial charge is 0.341 e. The van der Waals surface area contributed by atoms with Gasteiger partial charge in [-0.05, 0) is 24.5 Å². The molecule has 0 bridgehead atoms. The van der Waals surface area contributed by atoms with Crippen LogP contribution in [0.25, 0.3) is 16.9 Å². The first-order valence-corrected chi connectivity index (χ1v) is 9.48. The molecule has 1 amide bonds. The van der Waals surface area contributed by atoms with E-state index in [1.165, 1.54) is 0 Å². The summed E-state index contributed by atoms with van der Waals surface area (Å²) in [4.78, 5) is 14.3. The lowest BCUT2D eigenvalue weighted by molar-refractivity contribution is -0.130. The highest BCUT2D eigenvalue weighted by Crippen LogP contribution is 2.25. The van der Waals surface area contributed by atoms with Crippen LogP contribution in [0.4, 0.5) is 0 Å². The van der Waals surface area contributed by atoms with E-state index in [-0.39, 0.29) is 5.91 Å². The average molecular weight is 361 g/mol. The number of rotatable bonds is 7. The molecule has 3 aromatic rings. The number of aromatic nitrogens is 2. The molecule has 0 unspecified atom stereocenters. The van der Waals surface area contributed by atoms with Crippen molar-refractivity contribution in [3.05, 3.63) is 72.4 Å². The van der Waals surface area contributed by atoms with E-state index < -0.39 is 0 Å². The molecule has 0 spiro atoms. The maximum Gasteiger partial charge on any atom is 0.222 e. The fourth-order valence-electron chi connectivity index (χ4n) is 3.02. The van der Waals surface area contributed by atoms with Gasteiger partial charge in [-0.1, -0.05) is 62.4 Å². The molecule has 4 heteroatoms. The molecule has 0 aliphatic rings. The Kier molecular flexibility index (Phi) is 6.07. The van der Waals surface area contributed by atoms with Gasteiger partial charge in [-0.2, -0.15) is 5.10 Å². The summed E-state index contributed by atoms with van der Waals surface area (Å²) in [6, 6.07) is 20.2. The van der Waals surface area contributed by atoms with Gasteiger partial charge in [-0.15, -0.1) is 0 Å². The molecule has 0 N–H and O–H groups in total. The Morgan fingerprint density at radius 3 is 2.30 bits per heavy atom. The summed E-state index contributed by atoms with van der Waals surface area (Å²) in [6.45, 7) is 4.84. The van der Waals surface area contributed by atoms with Crippen LogP contribution in [-0.4, -0.2) is 27.6 Å². The Balaban J connectivity index is 1.89. The second kappa shape index (κ2) is 8.67. The quantitative estimate of drug-likeness (QED) is 0.598. The van der Waals surface area contributed by atoms with Gasteiger partial charge in [0, 0.05) is 37.3 Å². The van der Waals surface area contributed by atoms with Crippen LogP contribution in [0, 0.1) is 5.92 Å². The maximum absolute atomic E-state index is 12.5. The number of amides is 1. The van der Waals surface area contributed by atoms with Crippen LogP contribution >= 0.6 is 0 Å². The van der Waals surface area contributed by atoms with Crippen molar-refractivity contribution in [2.45, 2.75) is 33.2 Å². The summed E-state index contributed by atoms with van der Waals surface area (Å²) in [7, 11) is 1.87. The predicted molar refractivity (Wildman–Crippen MR) is 110 cm³/mol. The molecule has 27 heavy (non-hydrogen) atoms. The molecule has 1 heterocycles. The van der Waals surface area contributed by atoms with E-state index in [2.05, 4.69) is 26.0 Å². The van der Waals surface area contributed by atoms with Crippen LogP contribution in [0.2, 0.25) is 0 Å². The molecule has 0 fully saturated rings. The highest BCUT2D eigenvalue weighted by atomic mass is 16.2. The third kappa shape index (κ3) is 4.85. The molecule has 4 nitrogen and oxygen atoms in total. The van der Waals surface area contributed by atoms with E-state index in [1.54, 1.807) is 4.90 Å². The van der Waals surface area contributed by atoms with Gasteiger partial charge in [0.05, 0.1) is 11.4 Å². The van der Waals surface area contributed by atoms with E-state index in [0.29, 0.717) is 18.9 Å². The molecule has 0 radical (unpaired) electrons. The first-order chi connectivity index (χ1) is 13.0. The van der Waals surface area contributed by atoms with E-state index >= 15 is 0 Å². The smallest absolute Gasteiger partial charge is 0.222 e. The number of para-hydroxylation sites is 1. The van der Waals surface area contributed by atoms with Crippen LogP contribution in [0.15, 0.2) is 66.9 Å². The third-order valence-corrected chi connectivity index (χ3v) is 4.63. The summed E-state index contributed by atoms with van der Waals surface area (Å²) in [5.74, 6) is 0.707. The van der Waals surface area contributed by atoms with Crippen molar-refractivity contribution in [1.29, 1.82) is 0 Å². The van der Waals surface area contributed by atoms with Crippen LogP contribution in [-0.2, 0) is 11.3 Å². The summed E-state index contributed by atoms with van der Waals surface area (Å²) in [5, 5.41) is 4.82. The van der Waals surface area contributed by atoms with Gasteiger partial charge < -0.3 is 4.90 Å². The van der Waals surface area contributed by atoms with Crippen molar-refractivity contribution in [2.75, 3.05) is 7.05 Å². The lowest BCUT2D eigenvalue weighted by Crippen LogP contribution is -2.26. The van der Waals surface area contributed by atoms with E-state index in [0.717, 1.165) is 28.9 Å². The maximum atomic E-state index is 12.5. The van der Waals surface area contributed by atoms with Gasteiger partial charge in [0.2, 0.25) is 5.91 Å². The van der Waals surface area contributed by atoms with Gasteiger partial charge in [0.25, 0.3) is 0 Å². The zero-order chi connectivity index (χ0) is 19.2. The topological polar surface area (TPSA) is 38.1 Å². The lowest BCUT2D eigenvalue weighted by atomic mass is 10.1. The molecule has 0 aliphatic heterocycles. The Bertz CT molecular complexity index is 869. The molecule has 0 atom stereocenters. The molecule has 0 saturated carbocycles. The van der Waals surface area contributed by atoms with E-state index in [4.69, 9.17) is 5.10 Å². The van der Waals surface area contributed by atoms with E-state index in [9.17, 15) is 4.79 Å². The second-order valence-electron chi connectivity index (χ2n) is 7.33. The minimum atomic E-state index is 0.176. The van der Waals surface area contributed by atoms with Crippen molar-refractivity contribution < 1.29 is 4.79 Å². The van der Waals surface area contributed by atoms with Crippen molar-refractivity contribution in [1.82, 2.24) is 14.7 Å². The summed E-state index contributed by atoms with van der Waals surface area (Å²) < 4.78 is 1.89. The van der Waals surface area contributed by atoms with Gasteiger partial charge in [0.1, 0.15) is 0 Å². The van der Waals surface area contributed by atoms with Crippen LogP contribution in [0.3, 0.4) is 0 Å². The second-order valence-corrected chi connectivity index (χ2v) is 7.33. The summed E-state index contributed by atoms with van der Waals surface area (Å²) in [6.07, 6.45) is 3.53. The molecule has 0 saturated heterocycles. The molecule has 1 aromatic heterocycles. The minimum Gasteiger partial charge on any atom is -0.341 e. The Morgan fingerprint density at radius 2 is 1.67 bits per heavy atom. The Hall–Kier alpha value is -2.88. The monoisotopic (exact) mass is 361 g/mol. The van der Waals surface area contributed by atoms with Crippen molar-refractivity contribution >= 4 is 5.91 Å². The van der Waals surface area contributed by atoms with Crippen molar-refractivity contribution in [2.24, 2.45) is 5.92 Å². The molecule has 2 aromatic carbocycles. The Labute approximate surface area is 161 Å². The molecule has 0 aliphatic carbocycles. The van der Waals surface area contributed by atoms with E-state index in [1.807, 2.05) is 66.5 Å². The summed E-state index contributed by atoms with van der Waals surface area (Å²) >= 11 is 0. The molecular weight excluding hydrogens is 334 g/mol. The molecule has 140 valence electrons. The third-order valence-electron chi connectivity index (χ3n) is 4.63. The van der Waals surface area contributed by atoms with Crippen molar-refractivity contribution in [3.63, 3.8) is 0 Å².